The molecule has 22 heavy (non-hydrogen) atoms. The molecule has 0 aromatic heterocycles. The Hall–Kier alpha value is -0.740. The number of esters is 1. The summed E-state index contributed by atoms with van der Waals surface area (Å²) in [5.74, 6) is -2.53. The second-order valence-electron chi connectivity index (χ2n) is 4.75. The van der Waals surface area contributed by atoms with Crippen LogP contribution in [0.5, 0.6) is 0 Å². The summed E-state index contributed by atoms with van der Waals surface area (Å²) >= 11 is 0. The minimum Gasteiger partial charge on any atom is -0.625 e. The number of fused-ring (bicyclic) bond motifs is 2. The fourth-order valence-corrected chi connectivity index (χ4v) is 7.36. The third kappa shape index (κ3) is 1.60. The molecule has 122 valence electrons. The van der Waals surface area contributed by atoms with Crippen LogP contribution in [-0.4, -0.2) is 73.8 Å². The Bertz CT molecular complexity index is 658. The van der Waals surface area contributed by atoms with Crippen LogP contribution >= 0.6 is 15.4 Å². The maximum absolute atomic E-state index is 12.0. The highest BCUT2D eigenvalue weighted by atomic mass is 31.2. The van der Waals surface area contributed by atoms with E-state index >= 15 is 0 Å². The first-order valence-corrected chi connectivity index (χ1v) is 8.72. The quantitative estimate of drug-likeness (QED) is 0.209. The van der Waals surface area contributed by atoms with E-state index in [1.54, 1.807) is 0 Å². The van der Waals surface area contributed by atoms with Crippen LogP contribution in [-0.2, 0) is 27.9 Å². The zero-order valence-electron chi connectivity index (χ0n) is 10.6. The van der Waals surface area contributed by atoms with Gasteiger partial charge in [0.05, 0.1) is 13.2 Å². The van der Waals surface area contributed by atoms with E-state index in [4.69, 9.17) is 24.4 Å². The largest absolute Gasteiger partial charge is 0.625 e. The molecule has 1 spiro atoms. The van der Waals surface area contributed by atoms with E-state index in [0.29, 0.717) is 0 Å². The number of ketones is 1. The lowest BCUT2D eigenvalue weighted by molar-refractivity contribution is -0.161. The van der Waals surface area contributed by atoms with Crippen molar-refractivity contribution in [1.29, 1.82) is 0 Å². The van der Waals surface area contributed by atoms with Crippen LogP contribution in [0.25, 0.3) is 0 Å². The summed E-state index contributed by atoms with van der Waals surface area (Å²) in [6, 6.07) is 0. The molecule has 3 rings (SSSR count). The van der Waals surface area contributed by atoms with E-state index in [2.05, 4.69) is 4.74 Å². The molecule has 4 N–H and O–H groups in total. The Balaban J connectivity index is 1.81. The van der Waals surface area contributed by atoms with Gasteiger partial charge in [0.2, 0.25) is 5.78 Å². The van der Waals surface area contributed by atoms with Crippen molar-refractivity contribution in [3.63, 3.8) is 0 Å². The molecule has 6 unspecified atom stereocenters. The number of carbonyl (C=O) groups excluding carboxylic acids is 2. The maximum atomic E-state index is 12.0. The van der Waals surface area contributed by atoms with Crippen molar-refractivity contribution in [3.8, 4) is 0 Å². The Morgan fingerprint density at radius 3 is 2.32 bits per heavy atom. The van der Waals surface area contributed by atoms with Crippen molar-refractivity contribution in [1.82, 2.24) is 0 Å². The van der Waals surface area contributed by atoms with Crippen LogP contribution in [0.15, 0.2) is 0 Å². The number of carbonyl (C=O) groups is 2. The van der Waals surface area contributed by atoms with Crippen LogP contribution in [0.2, 0.25) is 0 Å². The number of aliphatic hydroxyl groups excluding tert-OH is 4. The van der Waals surface area contributed by atoms with Gasteiger partial charge in [-0.15, -0.1) is 0 Å². The lowest BCUT2D eigenvalue weighted by Gasteiger charge is -2.25. The first kappa shape index (κ1) is 16.1. The standard InChI is InChI=1S/C9H10O11P2/c10-1-3(12)5(14)9-8(19-22(9,17)20-9)7(21(8)16)18-6(15)4(13)2-11/h3-4,10-13H,1-2H2. The summed E-state index contributed by atoms with van der Waals surface area (Å²) in [6.07, 6.45) is -3.82. The molecule has 6 atom stereocenters. The molecule has 0 saturated carbocycles. The Kier molecular flexibility index (Phi) is 3.40. The summed E-state index contributed by atoms with van der Waals surface area (Å²) in [7, 11) is -6.49. The minimum atomic E-state index is -3.89. The molecular weight excluding hydrogens is 346 g/mol. The van der Waals surface area contributed by atoms with E-state index in [-0.39, 0.29) is 0 Å². The predicted octanol–water partition coefficient (Wildman–Crippen LogP) is -3.65. The van der Waals surface area contributed by atoms with Gasteiger partial charge in [0.1, 0.15) is 6.10 Å². The maximum Gasteiger partial charge on any atom is 0.385 e. The molecule has 3 aliphatic heterocycles. The molecule has 0 aromatic rings. The first-order chi connectivity index (χ1) is 10.2. The Morgan fingerprint density at radius 2 is 1.86 bits per heavy atom. The van der Waals surface area contributed by atoms with E-state index in [1.165, 1.54) is 0 Å². The van der Waals surface area contributed by atoms with E-state index in [0.717, 1.165) is 0 Å². The van der Waals surface area contributed by atoms with Crippen molar-refractivity contribution in [2.75, 3.05) is 13.2 Å². The Morgan fingerprint density at radius 1 is 1.27 bits per heavy atom. The van der Waals surface area contributed by atoms with Crippen LogP contribution in [0, 0.1) is 0 Å². The van der Waals surface area contributed by atoms with Gasteiger partial charge in [0, 0.05) is 0 Å². The molecule has 2 saturated heterocycles. The van der Waals surface area contributed by atoms with Gasteiger partial charge < -0.3 is 30.1 Å². The number of rotatable bonds is 6. The van der Waals surface area contributed by atoms with Crippen LogP contribution in [0.1, 0.15) is 0 Å². The summed E-state index contributed by atoms with van der Waals surface area (Å²) < 4.78 is 26.1. The highest BCUT2D eigenvalue weighted by Crippen LogP contribution is 2.99. The second kappa shape index (κ2) is 4.64. The molecule has 13 heteroatoms. The average Bonchev–Trinajstić information content (AvgIpc) is 3.26. The minimum absolute atomic E-state index is 0.567. The van der Waals surface area contributed by atoms with Crippen LogP contribution in [0.3, 0.4) is 0 Å². The number of ether oxygens (including phenoxy) is 1. The third-order valence-electron chi connectivity index (χ3n) is 3.48. The molecule has 0 radical (unpaired) electrons. The normalized spacial score (nSPS) is 42.2. The molecule has 0 aromatic carbocycles. The molecule has 0 amide bonds. The fraction of sp³-hybridized carbons (Fsp3) is 0.667. The summed E-state index contributed by atoms with van der Waals surface area (Å²) in [6.45, 7) is -1.92. The van der Waals surface area contributed by atoms with Gasteiger partial charge in [0.25, 0.3) is 0 Å². The SMILES string of the molecule is O=C(OC1=[P+]([O-])C12OP1(=O)OC21C(=O)C(O)CO)C(O)CO. The third-order valence-corrected chi connectivity index (χ3v) is 7.79. The molecule has 11 nitrogen and oxygen atoms in total. The zero-order chi connectivity index (χ0) is 16.5. The predicted molar refractivity (Wildman–Crippen MR) is 64.4 cm³/mol. The number of aliphatic hydroxyl groups is 4. The monoisotopic (exact) mass is 356 g/mol. The number of hydrogen-bond donors (Lipinski definition) is 4. The average molecular weight is 356 g/mol. The van der Waals surface area contributed by atoms with Gasteiger partial charge in [-0.05, 0) is 0 Å². The fourth-order valence-electron chi connectivity index (χ4n) is 2.24. The smallest absolute Gasteiger partial charge is 0.385 e. The molecule has 3 aliphatic rings. The number of Topliss-reactive ketones (excluding diaryl/α,β-unsaturated/α-hetero) is 1. The molecule has 0 bridgehead atoms. The highest BCUT2D eigenvalue weighted by molar-refractivity contribution is 7.75. The first-order valence-electron chi connectivity index (χ1n) is 5.92. The molecule has 3 heterocycles. The second-order valence-corrected chi connectivity index (χ2v) is 8.36. The van der Waals surface area contributed by atoms with Crippen molar-refractivity contribution < 1.29 is 53.3 Å². The van der Waals surface area contributed by atoms with Gasteiger partial charge in [-0.1, -0.05) is 0 Å². The zero-order valence-corrected chi connectivity index (χ0v) is 12.4. The van der Waals surface area contributed by atoms with Gasteiger partial charge in [-0.25, -0.2) is 9.32 Å². The van der Waals surface area contributed by atoms with Gasteiger partial charge in [0.15, 0.2) is 13.9 Å². The summed E-state index contributed by atoms with van der Waals surface area (Å²) in [4.78, 5) is 35.3. The van der Waals surface area contributed by atoms with E-state index in [9.17, 15) is 24.2 Å². The number of hydrogen-bond acceptors (Lipinski definition) is 11. The van der Waals surface area contributed by atoms with E-state index in [1.807, 2.05) is 0 Å². The molecule has 2 fully saturated rings. The highest BCUT2D eigenvalue weighted by Gasteiger charge is 3.09. The molecular formula is C9H10O11P2. The van der Waals surface area contributed by atoms with Gasteiger partial charge in [-0.2, -0.15) is 0 Å². The van der Waals surface area contributed by atoms with E-state index < -0.39 is 68.7 Å². The van der Waals surface area contributed by atoms with Gasteiger partial charge >= 0.3 is 29.7 Å². The summed E-state index contributed by atoms with van der Waals surface area (Å²) in [5, 5.41) is 31.5. The molecule has 0 aliphatic carbocycles. The summed E-state index contributed by atoms with van der Waals surface area (Å²) in [5.41, 5.74) is -0.567. The van der Waals surface area contributed by atoms with Crippen molar-refractivity contribution in [3.05, 3.63) is 0 Å². The van der Waals surface area contributed by atoms with Crippen LogP contribution in [0.4, 0.5) is 0 Å². The van der Waals surface area contributed by atoms with Crippen molar-refractivity contribution >= 4 is 32.6 Å². The topological polar surface area (TPSA) is 186 Å². The van der Waals surface area contributed by atoms with Crippen molar-refractivity contribution in [2.24, 2.45) is 0 Å². The lowest BCUT2D eigenvalue weighted by atomic mass is 10.0. The lowest BCUT2D eigenvalue weighted by Crippen LogP contribution is -2.55. The van der Waals surface area contributed by atoms with Crippen LogP contribution < -0.4 is 4.89 Å². The van der Waals surface area contributed by atoms with Gasteiger partial charge in [-0.3, -0.25) is 13.9 Å². The Labute approximate surface area is 123 Å². The van der Waals surface area contributed by atoms with Crippen molar-refractivity contribution in [2.45, 2.75) is 22.9 Å².